The lowest BCUT2D eigenvalue weighted by molar-refractivity contribution is 0.596. The van der Waals surface area contributed by atoms with Crippen LogP contribution in [0.1, 0.15) is 5.69 Å². The zero-order valence-electron chi connectivity index (χ0n) is 9.25. The van der Waals surface area contributed by atoms with E-state index in [4.69, 9.17) is 5.26 Å². The highest BCUT2D eigenvalue weighted by atomic mass is 32.2. The van der Waals surface area contributed by atoms with Gasteiger partial charge in [-0.3, -0.25) is 19.4 Å². The zero-order chi connectivity index (χ0) is 13.1. The number of pyridine rings is 1. The molecule has 0 fully saturated rings. The average molecular weight is 261 g/mol. The SMILES string of the molecule is Cn1[nH]c(=O)c(=O)nc1Sc1cccc(C#N)n1. The van der Waals surface area contributed by atoms with Gasteiger partial charge < -0.3 is 0 Å². The van der Waals surface area contributed by atoms with Gasteiger partial charge in [-0.05, 0) is 23.9 Å². The molecule has 0 atom stereocenters. The second kappa shape index (κ2) is 4.85. The van der Waals surface area contributed by atoms with Crippen LogP contribution in [-0.4, -0.2) is 19.7 Å². The standard InChI is InChI=1S/C10H7N5O2S/c1-15-10(13-8(16)9(17)14-15)18-7-4-2-3-6(5-11)12-7/h2-4H,1H3,(H,14,17). The van der Waals surface area contributed by atoms with Gasteiger partial charge in [0.05, 0.1) is 0 Å². The van der Waals surface area contributed by atoms with Gasteiger partial charge in [0.15, 0.2) is 5.16 Å². The molecular formula is C10H7N5O2S. The van der Waals surface area contributed by atoms with Crippen LogP contribution in [-0.2, 0) is 7.05 Å². The van der Waals surface area contributed by atoms with Crippen LogP contribution in [0.5, 0.6) is 0 Å². The second-order valence-corrected chi connectivity index (χ2v) is 4.26. The molecule has 0 spiro atoms. The van der Waals surface area contributed by atoms with Crippen LogP contribution in [0, 0.1) is 11.3 Å². The molecule has 7 nitrogen and oxygen atoms in total. The first-order valence-corrected chi connectivity index (χ1v) is 5.64. The highest BCUT2D eigenvalue weighted by Gasteiger charge is 2.07. The van der Waals surface area contributed by atoms with Crippen LogP contribution >= 0.6 is 11.8 Å². The van der Waals surface area contributed by atoms with Crippen molar-refractivity contribution in [2.75, 3.05) is 0 Å². The Morgan fingerprint density at radius 1 is 1.39 bits per heavy atom. The predicted molar refractivity (Wildman–Crippen MR) is 63.2 cm³/mol. The lowest BCUT2D eigenvalue weighted by atomic mass is 10.4. The van der Waals surface area contributed by atoms with Crippen LogP contribution in [0.3, 0.4) is 0 Å². The van der Waals surface area contributed by atoms with Crippen LogP contribution in [0.2, 0.25) is 0 Å². The van der Waals surface area contributed by atoms with Crippen molar-refractivity contribution in [3.63, 3.8) is 0 Å². The normalized spacial score (nSPS) is 10.0. The Hall–Kier alpha value is -2.40. The molecule has 8 heteroatoms. The molecule has 1 N–H and O–H groups in total. The number of H-pyrrole nitrogens is 1. The summed E-state index contributed by atoms with van der Waals surface area (Å²) >= 11 is 1.09. The summed E-state index contributed by atoms with van der Waals surface area (Å²) in [6.07, 6.45) is 0. The van der Waals surface area contributed by atoms with E-state index in [1.54, 1.807) is 25.2 Å². The number of rotatable bonds is 2. The molecule has 0 aliphatic carbocycles. The highest BCUT2D eigenvalue weighted by Crippen LogP contribution is 2.21. The van der Waals surface area contributed by atoms with Crippen molar-refractivity contribution in [1.82, 2.24) is 19.7 Å². The summed E-state index contributed by atoms with van der Waals surface area (Å²) in [6.45, 7) is 0. The molecule has 0 radical (unpaired) electrons. The Labute approximate surface area is 105 Å². The van der Waals surface area contributed by atoms with Gasteiger partial charge in [0.2, 0.25) is 0 Å². The average Bonchev–Trinajstić information content (AvgIpc) is 2.36. The Balaban J connectivity index is 2.40. The van der Waals surface area contributed by atoms with E-state index >= 15 is 0 Å². The predicted octanol–water partition coefficient (Wildman–Crippen LogP) is -0.114. The Morgan fingerprint density at radius 2 is 2.17 bits per heavy atom. The summed E-state index contributed by atoms with van der Waals surface area (Å²) in [5.74, 6) is 0. The summed E-state index contributed by atoms with van der Waals surface area (Å²) in [5.41, 5.74) is -1.36. The minimum atomic E-state index is -0.855. The van der Waals surface area contributed by atoms with Crippen LogP contribution in [0.15, 0.2) is 38.0 Å². The number of aromatic amines is 1. The van der Waals surface area contributed by atoms with Gasteiger partial charge in [0.1, 0.15) is 16.8 Å². The van der Waals surface area contributed by atoms with Gasteiger partial charge in [-0.15, -0.1) is 0 Å². The molecule has 0 unspecified atom stereocenters. The summed E-state index contributed by atoms with van der Waals surface area (Å²) in [4.78, 5) is 29.8. The molecule has 0 saturated heterocycles. The quantitative estimate of drug-likeness (QED) is 0.756. The van der Waals surface area contributed by atoms with Crippen LogP contribution in [0.4, 0.5) is 0 Å². The maximum atomic E-state index is 11.2. The van der Waals surface area contributed by atoms with E-state index in [0.717, 1.165) is 11.8 Å². The van der Waals surface area contributed by atoms with Gasteiger partial charge in [-0.25, -0.2) is 4.98 Å². The minimum Gasteiger partial charge on any atom is -0.265 e. The summed E-state index contributed by atoms with van der Waals surface area (Å²) in [5, 5.41) is 11.9. The summed E-state index contributed by atoms with van der Waals surface area (Å²) < 4.78 is 1.33. The van der Waals surface area contributed by atoms with Crippen molar-refractivity contribution in [1.29, 1.82) is 5.26 Å². The van der Waals surface area contributed by atoms with Gasteiger partial charge in [0.25, 0.3) is 0 Å². The third-order valence-corrected chi connectivity index (χ3v) is 2.97. The minimum absolute atomic E-state index is 0.273. The third kappa shape index (κ3) is 2.46. The number of hydrogen-bond acceptors (Lipinski definition) is 6. The second-order valence-electron chi connectivity index (χ2n) is 3.27. The van der Waals surface area contributed by atoms with Gasteiger partial charge in [-0.1, -0.05) is 6.07 Å². The number of hydrogen-bond donors (Lipinski definition) is 1. The molecule has 0 aliphatic heterocycles. The van der Waals surface area contributed by atoms with Crippen LogP contribution < -0.4 is 11.1 Å². The first kappa shape index (κ1) is 12.1. The maximum Gasteiger partial charge on any atom is 0.339 e. The smallest absolute Gasteiger partial charge is 0.265 e. The summed E-state index contributed by atoms with van der Waals surface area (Å²) in [6, 6.07) is 6.85. The molecule has 0 aromatic carbocycles. The fourth-order valence-corrected chi connectivity index (χ4v) is 1.97. The Morgan fingerprint density at radius 3 is 2.89 bits per heavy atom. The first-order valence-electron chi connectivity index (χ1n) is 4.82. The zero-order valence-corrected chi connectivity index (χ0v) is 10.1. The van der Waals surface area contributed by atoms with E-state index in [1.807, 2.05) is 6.07 Å². The molecule has 0 aliphatic rings. The van der Waals surface area contributed by atoms with E-state index < -0.39 is 11.1 Å². The number of nitriles is 1. The van der Waals surface area contributed by atoms with Gasteiger partial charge in [0, 0.05) is 7.05 Å². The highest BCUT2D eigenvalue weighted by molar-refractivity contribution is 7.99. The van der Waals surface area contributed by atoms with Crippen molar-refractivity contribution >= 4 is 11.8 Å². The van der Waals surface area contributed by atoms with Crippen molar-refractivity contribution in [3.8, 4) is 6.07 Å². The molecule has 90 valence electrons. The molecule has 2 rings (SSSR count). The van der Waals surface area contributed by atoms with E-state index in [0.29, 0.717) is 10.2 Å². The number of nitrogens with one attached hydrogen (secondary N) is 1. The number of aromatic nitrogens is 4. The number of aryl methyl sites for hydroxylation is 1. The largest absolute Gasteiger partial charge is 0.339 e. The fourth-order valence-electron chi connectivity index (χ4n) is 1.18. The molecule has 18 heavy (non-hydrogen) atoms. The first-order chi connectivity index (χ1) is 8.60. The lowest BCUT2D eigenvalue weighted by Crippen LogP contribution is -2.33. The fraction of sp³-hybridized carbons (Fsp3) is 0.100. The molecule has 2 aromatic rings. The molecule has 0 saturated carbocycles. The van der Waals surface area contributed by atoms with Crippen molar-refractivity contribution in [2.24, 2.45) is 7.05 Å². The summed E-state index contributed by atoms with van der Waals surface area (Å²) in [7, 11) is 1.56. The van der Waals surface area contributed by atoms with E-state index in [-0.39, 0.29) is 5.69 Å². The van der Waals surface area contributed by atoms with Crippen molar-refractivity contribution < 1.29 is 0 Å². The topological polar surface area (TPSA) is 104 Å². The van der Waals surface area contributed by atoms with Crippen molar-refractivity contribution in [3.05, 3.63) is 44.6 Å². The van der Waals surface area contributed by atoms with Gasteiger partial charge >= 0.3 is 11.1 Å². The number of nitrogens with zero attached hydrogens (tertiary/aromatic N) is 4. The van der Waals surface area contributed by atoms with E-state index in [9.17, 15) is 9.59 Å². The van der Waals surface area contributed by atoms with Crippen LogP contribution in [0.25, 0.3) is 0 Å². The third-order valence-electron chi connectivity index (χ3n) is 1.98. The maximum absolute atomic E-state index is 11.2. The van der Waals surface area contributed by atoms with Crippen molar-refractivity contribution in [2.45, 2.75) is 10.2 Å². The molecule has 2 heterocycles. The molecule has 0 bridgehead atoms. The van der Waals surface area contributed by atoms with E-state index in [1.165, 1.54) is 4.68 Å². The van der Waals surface area contributed by atoms with Gasteiger partial charge in [-0.2, -0.15) is 10.2 Å². The lowest BCUT2D eigenvalue weighted by Gasteiger charge is -2.04. The Kier molecular flexibility index (Phi) is 3.25. The van der Waals surface area contributed by atoms with E-state index in [2.05, 4.69) is 15.1 Å². The molecular weight excluding hydrogens is 254 g/mol. The molecule has 0 amide bonds. The monoisotopic (exact) mass is 261 g/mol. The Bertz CT molecular complexity index is 743. The molecule has 2 aromatic heterocycles.